The smallest absolute Gasteiger partial charge is 0.307 e. The topological polar surface area (TPSA) is 46.6 Å². The van der Waals surface area contributed by atoms with Gasteiger partial charge in [0.15, 0.2) is 0 Å². The highest BCUT2D eigenvalue weighted by Gasteiger charge is 2.28. The number of nitrogens with zero attached hydrogens (tertiary/aromatic N) is 1. The average Bonchev–Trinajstić information content (AvgIpc) is 2.51. The third-order valence-corrected chi connectivity index (χ3v) is 4.00. The van der Waals surface area contributed by atoms with E-state index in [1.165, 1.54) is 5.56 Å². The molecule has 1 aromatic rings. The van der Waals surface area contributed by atoms with E-state index in [4.69, 9.17) is 4.74 Å². The molecule has 0 fully saturated rings. The Balaban J connectivity index is 1.99. The van der Waals surface area contributed by atoms with Gasteiger partial charge in [0.05, 0.1) is 18.9 Å². The second-order valence-electron chi connectivity index (χ2n) is 5.46. The Labute approximate surface area is 126 Å². The molecule has 114 valence electrons. The van der Waals surface area contributed by atoms with Gasteiger partial charge in [-0.1, -0.05) is 24.3 Å². The van der Waals surface area contributed by atoms with E-state index in [2.05, 4.69) is 12.1 Å². The van der Waals surface area contributed by atoms with E-state index in [0.29, 0.717) is 13.2 Å². The number of carbonyl (C=O) groups is 2. The number of ether oxygens (including phenoxy) is 1. The number of hydrogen-bond donors (Lipinski definition) is 0. The van der Waals surface area contributed by atoms with Crippen LogP contribution in [0.2, 0.25) is 0 Å². The lowest BCUT2D eigenvalue weighted by molar-refractivity contribution is -0.144. The summed E-state index contributed by atoms with van der Waals surface area (Å²) in [6, 6.07) is 8.17. The van der Waals surface area contributed by atoms with Gasteiger partial charge in [0, 0.05) is 13.6 Å². The number of likely N-dealkylation sites (N-methyl/N-ethyl adjacent to an activating group) is 1. The monoisotopic (exact) mass is 289 g/mol. The first-order chi connectivity index (χ1) is 10.1. The number of esters is 1. The van der Waals surface area contributed by atoms with Gasteiger partial charge >= 0.3 is 5.97 Å². The third-order valence-electron chi connectivity index (χ3n) is 4.00. The predicted octanol–water partition coefficient (Wildman–Crippen LogP) is 2.52. The van der Waals surface area contributed by atoms with Gasteiger partial charge in [0.1, 0.15) is 0 Å². The lowest BCUT2D eigenvalue weighted by Gasteiger charge is -2.28. The molecule has 0 bridgehead atoms. The maximum atomic E-state index is 12.6. The molecule has 2 rings (SSSR count). The van der Waals surface area contributed by atoms with Crippen molar-refractivity contribution >= 4 is 11.9 Å². The van der Waals surface area contributed by atoms with Crippen LogP contribution in [0.5, 0.6) is 0 Å². The van der Waals surface area contributed by atoms with Crippen molar-refractivity contribution in [2.75, 3.05) is 20.2 Å². The molecule has 21 heavy (non-hydrogen) atoms. The van der Waals surface area contributed by atoms with Gasteiger partial charge in [-0.3, -0.25) is 9.59 Å². The van der Waals surface area contributed by atoms with Gasteiger partial charge in [-0.15, -0.1) is 0 Å². The van der Waals surface area contributed by atoms with Crippen molar-refractivity contribution in [3.05, 3.63) is 35.4 Å². The lowest BCUT2D eigenvalue weighted by Crippen LogP contribution is -2.35. The molecule has 0 aliphatic heterocycles. The molecular weight excluding hydrogens is 266 g/mol. The van der Waals surface area contributed by atoms with E-state index in [9.17, 15) is 9.59 Å². The van der Waals surface area contributed by atoms with Gasteiger partial charge in [-0.05, 0) is 37.3 Å². The molecule has 0 spiro atoms. The molecule has 1 aromatic carbocycles. The molecule has 1 unspecified atom stereocenters. The summed E-state index contributed by atoms with van der Waals surface area (Å²) in [6.45, 7) is 2.58. The first kappa shape index (κ1) is 15.5. The van der Waals surface area contributed by atoms with E-state index in [0.717, 1.165) is 24.8 Å². The normalized spacial score (nSPS) is 17.0. The molecule has 1 atom stereocenters. The largest absolute Gasteiger partial charge is 0.466 e. The molecule has 0 N–H and O–H groups in total. The highest BCUT2D eigenvalue weighted by Crippen LogP contribution is 2.32. The Morgan fingerprint density at radius 2 is 2.10 bits per heavy atom. The van der Waals surface area contributed by atoms with Crippen LogP contribution in [0.15, 0.2) is 24.3 Å². The maximum absolute atomic E-state index is 12.6. The van der Waals surface area contributed by atoms with E-state index in [1.54, 1.807) is 18.9 Å². The van der Waals surface area contributed by atoms with Crippen molar-refractivity contribution in [2.24, 2.45) is 0 Å². The third kappa shape index (κ3) is 3.84. The standard InChI is InChI=1S/C17H23NO3/c1-3-21-16(19)11-12-18(2)17(20)15-10-6-8-13-7-4-5-9-14(13)15/h4-5,7,9,15H,3,6,8,10-12H2,1-2H3. The van der Waals surface area contributed by atoms with Crippen LogP contribution in [0.3, 0.4) is 0 Å². The van der Waals surface area contributed by atoms with Crippen molar-refractivity contribution in [3.63, 3.8) is 0 Å². The highest BCUT2D eigenvalue weighted by molar-refractivity contribution is 5.84. The number of aryl methyl sites for hydroxylation is 1. The van der Waals surface area contributed by atoms with Crippen LogP contribution >= 0.6 is 0 Å². The molecule has 0 radical (unpaired) electrons. The molecule has 4 nitrogen and oxygen atoms in total. The van der Waals surface area contributed by atoms with Crippen LogP contribution < -0.4 is 0 Å². The van der Waals surface area contributed by atoms with Crippen LogP contribution in [-0.2, 0) is 20.7 Å². The predicted molar refractivity (Wildman–Crippen MR) is 81.0 cm³/mol. The number of benzene rings is 1. The van der Waals surface area contributed by atoms with Crippen LogP contribution in [0.4, 0.5) is 0 Å². The Morgan fingerprint density at radius 1 is 1.33 bits per heavy atom. The maximum Gasteiger partial charge on any atom is 0.307 e. The molecule has 0 saturated heterocycles. The summed E-state index contributed by atoms with van der Waals surface area (Å²) < 4.78 is 4.90. The van der Waals surface area contributed by atoms with Crippen molar-refractivity contribution in [2.45, 2.75) is 38.5 Å². The average molecular weight is 289 g/mol. The number of fused-ring (bicyclic) bond motifs is 1. The summed E-state index contributed by atoms with van der Waals surface area (Å²) in [6.07, 6.45) is 3.23. The van der Waals surface area contributed by atoms with Gasteiger partial charge in [0.25, 0.3) is 0 Å². The molecule has 4 heteroatoms. The van der Waals surface area contributed by atoms with Gasteiger partial charge < -0.3 is 9.64 Å². The van der Waals surface area contributed by atoms with Crippen molar-refractivity contribution in [1.29, 1.82) is 0 Å². The van der Waals surface area contributed by atoms with Gasteiger partial charge in [-0.2, -0.15) is 0 Å². The summed E-state index contributed by atoms with van der Waals surface area (Å²) in [7, 11) is 1.76. The van der Waals surface area contributed by atoms with Crippen LogP contribution in [-0.4, -0.2) is 37.0 Å². The van der Waals surface area contributed by atoms with E-state index < -0.39 is 0 Å². The van der Waals surface area contributed by atoms with Crippen LogP contribution in [0.1, 0.15) is 43.2 Å². The van der Waals surface area contributed by atoms with Crippen molar-refractivity contribution in [3.8, 4) is 0 Å². The van der Waals surface area contributed by atoms with Crippen molar-refractivity contribution < 1.29 is 14.3 Å². The Morgan fingerprint density at radius 3 is 2.86 bits per heavy atom. The molecule has 0 aromatic heterocycles. The summed E-state index contributed by atoms with van der Waals surface area (Å²) in [4.78, 5) is 25.6. The van der Waals surface area contributed by atoms with E-state index >= 15 is 0 Å². The molecule has 1 aliphatic carbocycles. The Bertz CT molecular complexity index is 513. The Hall–Kier alpha value is -1.84. The summed E-state index contributed by atoms with van der Waals surface area (Å²) in [5.41, 5.74) is 2.43. The SMILES string of the molecule is CCOC(=O)CCN(C)C(=O)C1CCCc2ccccc21. The highest BCUT2D eigenvalue weighted by atomic mass is 16.5. The van der Waals surface area contributed by atoms with Gasteiger partial charge in [-0.25, -0.2) is 0 Å². The molecule has 1 amide bonds. The molecular formula is C17H23NO3. The lowest BCUT2D eigenvalue weighted by atomic mass is 9.82. The van der Waals surface area contributed by atoms with Crippen LogP contribution in [0.25, 0.3) is 0 Å². The molecule has 0 heterocycles. The first-order valence-corrected chi connectivity index (χ1v) is 7.62. The Kier molecular flexibility index (Phi) is 5.37. The second-order valence-corrected chi connectivity index (χ2v) is 5.46. The minimum atomic E-state index is -0.249. The van der Waals surface area contributed by atoms with Gasteiger partial charge in [0.2, 0.25) is 5.91 Å². The van der Waals surface area contributed by atoms with Crippen LogP contribution in [0, 0.1) is 0 Å². The quantitative estimate of drug-likeness (QED) is 0.783. The van der Waals surface area contributed by atoms with E-state index in [1.807, 2.05) is 12.1 Å². The summed E-state index contributed by atoms with van der Waals surface area (Å²) in [5, 5.41) is 0. The number of hydrogen-bond acceptors (Lipinski definition) is 3. The fourth-order valence-electron chi connectivity index (χ4n) is 2.88. The first-order valence-electron chi connectivity index (χ1n) is 7.62. The van der Waals surface area contributed by atoms with Crippen molar-refractivity contribution in [1.82, 2.24) is 4.90 Å². The summed E-state index contributed by atoms with van der Waals surface area (Å²) >= 11 is 0. The number of carbonyl (C=O) groups excluding carboxylic acids is 2. The molecule has 1 aliphatic rings. The molecule has 0 saturated carbocycles. The summed E-state index contributed by atoms with van der Waals surface area (Å²) in [5.74, 6) is -0.213. The number of rotatable bonds is 5. The zero-order valence-corrected chi connectivity index (χ0v) is 12.8. The minimum absolute atomic E-state index is 0.0675. The number of amides is 1. The van der Waals surface area contributed by atoms with E-state index in [-0.39, 0.29) is 24.2 Å². The zero-order valence-electron chi connectivity index (χ0n) is 12.8. The second kappa shape index (κ2) is 7.25. The zero-order chi connectivity index (χ0) is 15.2. The minimum Gasteiger partial charge on any atom is -0.466 e. The fourth-order valence-corrected chi connectivity index (χ4v) is 2.88. The fraction of sp³-hybridized carbons (Fsp3) is 0.529.